The van der Waals surface area contributed by atoms with Crippen molar-refractivity contribution in [2.75, 3.05) is 0 Å². The van der Waals surface area contributed by atoms with Gasteiger partial charge in [0.2, 0.25) is 0 Å². The summed E-state index contributed by atoms with van der Waals surface area (Å²) in [6, 6.07) is 4.14. The van der Waals surface area contributed by atoms with Crippen LogP contribution in [0.15, 0.2) is 22.8 Å². The predicted octanol–water partition coefficient (Wildman–Crippen LogP) is 4.98. The van der Waals surface area contributed by atoms with Gasteiger partial charge in [0.25, 0.3) is 0 Å². The van der Waals surface area contributed by atoms with Crippen LogP contribution in [0.2, 0.25) is 0 Å². The molecule has 1 aromatic rings. The average molecular weight is 349 g/mol. The molecular formula is C13H19Br2N. The fourth-order valence-corrected chi connectivity index (χ4v) is 2.01. The molecule has 0 aromatic carbocycles. The number of alkyl halides is 1. The van der Waals surface area contributed by atoms with Crippen LogP contribution in [0, 0.1) is 5.41 Å². The number of hydrogen-bond donors (Lipinski definition) is 0. The molecule has 0 spiro atoms. The molecule has 1 unspecified atom stereocenters. The normalized spacial score (nSPS) is 13.8. The van der Waals surface area contributed by atoms with Gasteiger partial charge in [0.05, 0.1) is 0 Å². The minimum atomic E-state index is 0.340. The smallest absolute Gasteiger partial charge is 0.0413 e. The van der Waals surface area contributed by atoms with Gasteiger partial charge in [-0.05, 0) is 52.7 Å². The van der Waals surface area contributed by atoms with Gasteiger partial charge in [0.1, 0.15) is 0 Å². The zero-order valence-corrected chi connectivity index (χ0v) is 13.3. The monoisotopic (exact) mass is 347 g/mol. The first-order valence-corrected chi connectivity index (χ1v) is 7.35. The summed E-state index contributed by atoms with van der Waals surface area (Å²) >= 11 is 7.15. The van der Waals surface area contributed by atoms with Crippen LogP contribution in [-0.4, -0.2) is 9.81 Å². The second-order valence-electron chi connectivity index (χ2n) is 5.19. The topological polar surface area (TPSA) is 12.9 Å². The van der Waals surface area contributed by atoms with Gasteiger partial charge < -0.3 is 0 Å². The molecule has 1 aromatic heterocycles. The number of hydrogen-bond acceptors (Lipinski definition) is 1. The molecule has 1 rings (SSSR count). The van der Waals surface area contributed by atoms with E-state index in [4.69, 9.17) is 0 Å². The van der Waals surface area contributed by atoms with Crippen molar-refractivity contribution in [1.82, 2.24) is 4.98 Å². The largest absolute Gasteiger partial charge is 0.260 e. The van der Waals surface area contributed by atoms with Gasteiger partial charge in [-0.2, -0.15) is 0 Å². The van der Waals surface area contributed by atoms with E-state index < -0.39 is 0 Å². The van der Waals surface area contributed by atoms with Crippen molar-refractivity contribution in [3.8, 4) is 0 Å². The van der Waals surface area contributed by atoms with Crippen molar-refractivity contribution in [2.24, 2.45) is 5.41 Å². The van der Waals surface area contributed by atoms with Gasteiger partial charge in [-0.15, -0.1) is 0 Å². The minimum absolute atomic E-state index is 0.340. The van der Waals surface area contributed by atoms with E-state index in [1.807, 2.05) is 6.20 Å². The number of halogens is 2. The highest BCUT2D eigenvalue weighted by Gasteiger charge is 2.20. The molecule has 0 bridgehead atoms. The van der Waals surface area contributed by atoms with E-state index >= 15 is 0 Å². The fraction of sp³-hybridized carbons (Fsp3) is 0.615. The lowest BCUT2D eigenvalue weighted by Crippen LogP contribution is -2.20. The number of nitrogens with zero attached hydrogens (tertiary/aromatic N) is 1. The lowest BCUT2D eigenvalue weighted by Gasteiger charge is -2.25. The van der Waals surface area contributed by atoms with Crippen molar-refractivity contribution in [3.63, 3.8) is 0 Å². The first-order chi connectivity index (χ1) is 7.39. The standard InChI is InChI=1S/C13H19Br2N/c1-13(2,3)12(15)6-4-5-11-8-7-10(14)9-16-11/h7-9,12H,4-6H2,1-3H3. The highest BCUT2D eigenvalue weighted by atomic mass is 79.9. The summed E-state index contributed by atoms with van der Waals surface area (Å²) in [5, 5.41) is 0. The Kier molecular flexibility index (Phi) is 5.45. The first-order valence-electron chi connectivity index (χ1n) is 5.64. The van der Waals surface area contributed by atoms with Crippen LogP contribution >= 0.6 is 31.9 Å². The second kappa shape index (κ2) is 6.15. The van der Waals surface area contributed by atoms with Crippen LogP contribution < -0.4 is 0 Å². The third-order valence-corrected chi connectivity index (χ3v) is 4.92. The van der Waals surface area contributed by atoms with E-state index in [1.54, 1.807) is 0 Å². The summed E-state index contributed by atoms with van der Waals surface area (Å²) in [6.45, 7) is 6.80. The Morgan fingerprint density at radius 2 is 2.00 bits per heavy atom. The summed E-state index contributed by atoms with van der Waals surface area (Å²) in [6.07, 6.45) is 5.30. The van der Waals surface area contributed by atoms with E-state index in [1.165, 1.54) is 18.5 Å². The summed E-state index contributed by atoms with van der Waals surface area (Å²) in [5.41, 5.74) is 1.52. The third kappa shape index (κ3) is 4.96. The Bertz CT molecular complexity index is 314. The molecule has 1 nitrogen and oxygen atoms in total. The Balaban J connectivity index is 2.33. The molecule has 0 aliphatic carbocycles. The molecule has 0 saturated heterocycles. The highest BCUT2D eigenvalue weighted by Crippen LogP contribution is 2.29. The molecule has 1 atom stereocenters. The predicted molar refractivity (Wildman–Crippen MR) is 77.0 cm³/mol. The summed E-state index contributed by atoms with van der Waals surface area (Å²) in [5.74, 6) is 0. The highest BCUT2D eigenvalue weighted by molar-refractivity contribution is 9.10. The van der Waals surface area contributed by atoms with Gasteiger partial charge in [0.15, 0.2) is 0 Å². The SMILES string of the molecule is CC(C)(C)C(Br)CCCc1ccc(Br)cn1. The molecule has 1 heterocycles. The molecule has 16 heavy (non-hydrogen) atoms. The van der Waals surface area contributed by atoms with Gasteiger partial charge in [0, 0.05) is 21.2 Å². The molecule has 0 fully saturated rings. The maximum atomic E-state index is 4.38. The number of aromatic nitrogens is 1. The molecule has 0 N–H and O–H groups in total. The molecule has 0 aliphatic heterocycles. The molecule has 0 aliphatic rings. The van der Waals surface area contributed by atoms with Crippen LogP contribution in [0.1, 0.15) is 39.3 Å². The number of pyridine rings is 1. The third-order valence-electron chi connectivity index (χ3n) is 2.62. The van der Waals surface area contributed by atoms with Crippen molar-refractivity contribution < 1.29 is 0 Å². The molecule has 90 valence electrons. The van der Waals surface area contributed by atoms with Crippen molar-refractivity contribution >= 4 is 31.9 Å². The van der Waals surface area contributed by atoms with Gasteiger partial charge in [-0.3, -0.25) is 4.98 Å². The maximum Gasteiger partial charge on any atom is 0.0413 e. The lowest BCUT2D eigenvalue weighted by molar-refractivity contribution is 0.380. The molecular weight excluding hydrogens is 330 g/mol. The Morgan fingerprint density at radius 3 is 2.50 bits per heavy atom. The van der Waals surface area contributed by atoms with Crippen molar-refractivity contribution in [2.45, 2.75) is 44.9 Å². The molecule has 0 saturated carbocycles. The molecule has 0 radical (unpaired) electrons. The van der Waals surface area contributed by atoms with Crippen LogP contribution in [0.25, 0.3) is 0 Å². The Labute approximate surface area is 115 Å². The van der Waals surface area contributed by atoms with Gasteiger partial charge >= 0.3 is 0 Å². The maximum absolute atomic E-state index is 4.38. The van der Waals surface area contributed by atoms with Gasteiger partial charge in [-0.1, -0.05) is 36.7 Å². The summed E-state index contributed by atoms with van der Waals surface area (Å²) < 4.78 is 1.05. The first kappa shape index (κ1) is 14.2. The Hall–Kier alpha value is 0.110. The van der Waals surface area contributed by atoms with Crippen LogP contribution in [0.3, 0.4) is 0 Å². The van der Waals surface area contributed by atoms with Crippen LogP contribution in [-0.2, 0) is 6.42 Å². The van der Waals surface area contributed by atoms with E-state index in [9.17, 15) is 0 Å². The van der Waals surface area contributed by atoms with E-state index in [-0.39, 0.29) is 0 Å². The fourth-order valence-electron chi connectivity index (χ4n) is 1.45. The van der Waals surface area contributed by atoms with E-state index in [0.717, 1.165) is 10.9 Å². The van der Waals surface area contributed by atoms with Crippen LogP contribution in [0.4, 0.5) is 0 Å². The quantitative estimate of drug-likeness (QED) is 0.699. The minimum Gasteiger partial charge on any atom is -0.260 e. The van der Waals surface area contributed by atoms with Crippen molar-refractivity contribution in [3.05, 3.63) is 28.5 Å². The lowest BCUT2D eigenvalue weighted by atomic mass is 9.89. The Morgan fingerprint density at radius 1 is 1.31 bits per heavy atom. The van der Waals surface area contributed by atoms with Crippen molar-refractivity contribution in [1.29, 1.82) is 0 Å². The zero-order chi connectivity index (χ0) is 12.2. The zero-order valence-electron chi connectivity index (χ0n) is 10.1. The second-order valence-corrected chi connectivity index (χ2v) is 7.21. The average Bonchev–Trinajstić information content (AvgIpc) is 2.19. The summed E-state index contributed by atoms with van der Waals surface area (Å²) in [7, 11) is 0. The van der Waals surface area contributed by atoms with Crippen LogP contribution in [0.5, 0.6) is 0 Å². The van der Waals surface area contributed by atoms with E-state index in [2.05, 4.69) is 69.7 Å². The summed E-state index contributed by atoms with van der Waals surface area (Å²) in [4.78, 5) is 4.95. The van der Waals surface area contributed by atoms with E-state index in [0.29, 0.717) is 10.2 Å². The van der Waals surface area contributed by atoms with Gasteiger partial charge in [-0.25, -0.2) is 0 Å². The number of rotatable bonds is 4. The molecule has 3 heteroatoms. The number of aryl methyl sites for hydroxylation is 1. The molecule has 0 amide bonds.